The molecule has 0 saturated carbocycles. The number of benzene rings is 1. The van der Waals surface area contributed by atoms with Gasteiger partial charge in [0.05, 0.1) is 4.99 Å². The molecule has 0 aromatic heterocycles. The summed E-state index contributed by atoms with van der Waals surface area (Å²) in [6.45, 7) is 2.70. The van der Waals surface area contributed by atoms with Crippen LogP contribution in [0, 0.1) is 5.92 Å². The second-order valence-corrected chi connectivity index (χ2v) is 4.73. The smallest absolute Gasteiger partial charge is 0.217 e. The lowest BCUT2D eigenvalue weighted by Crippen LogP contribution is -2.24. The second kappa shape index (κ2) is 7.01. The molecule has 0 aliphatic carbocycles. The number of carbonyl (C=O) groups excluding carboxylic acids is 1. The van der Waals surface area contributed by atoms with Gasteiger partial charge in [-0.1, -0.05) is 49.5 Å². The topological polar surface area (TPSA) is 55.1 Å². The molecule has 17 heavy (non-hydrogen) atoms. The highest BCUT2D eigenvalue weighted by atomic mass is 32.1. The zero-order chi connectivity index (χ0) is 12.7. The molecule has 0 aliphatic rings. The molecule has 3 N–H and O–H groups in total. The summed E-state index contributed by atoms with van der Waals surface area (Å²) in [6, 6.07) is 10.1. The van der Waals surface area contributed by atoms with Gasteiger partial charge in [-0.15, -0.1) is 0 Å². The summed E-state index contributed by atoms with van der Waals surface area (Å²) in [6.07, 6.45) is 1.08. The fourth-order valence-electron chi connectivity index (χ4n) is 1.60. The van der Waals surface area contributed by atoms with Crippen LogP contribution in [0.5, 0.6) is 0 Å². The summed E-state index contributed by atoms with van der Waals surface area (Å²) >= 11 is 5.22. The minimum atomic E-state index is -0.275. The van der Waals surface area contributed by atoms with Gasteiger partial charge >= 0.3 is 0 Å². The average molecular weight is 250 g/mol. The fraction of sp³-hybridized carbons (Fsp3) is 0.385. The number of nitrogens with one attached hydrogen (secondary N) is 1. The summed E-state index contributed by atoms with van der Waals surface area (Å²) in [4.78, 5) is 11.5. The Morgan fingerprint density at radius 2 is 2.00 bits per heavy atom. The number of rotatable bonds is 6. The lowest BCUT2D eigenvalue weighted by molar-refractivity contribution is -0.118. The van der Waals surface area contributed by atoms with Gasteiger partial charge in [0.1, 0.15) is 0 Å². The number of thiocarbonyl (C=S) groups is 1. The Morgan fingerprint density at radius 3 is 2.59 bits per heavy atom. The van der Waals surface area contributed by atoms with Crippen LogP contribution in [0.2, 0.25) is 0 Å². The molecule has 1 amide bonds. The standard InChI is InChI=1S/C13H18N2OS/c1-10(7-12(14)16)8-13(17)15-9-11-5-3-2-4-6-11/h2-6,10H,7-9H2,1H3,(H2,14,16)(H,15,17)/t10-/m1/s1. The highest BCUT2D eigenvalue weighted by molar-refractivity contribution is 7.80. The van der Waals surface area contributed by atoms with Gasteiger partial charge < -0.3 is 11.1 Å². The van der Waals surface area contributed by atoms with Crippen LogP contribution in [0.4, 0.5) is 0 Å². The van der Waals surface area contributed by atoms with Crippen molar-refractivity contribution in [3.63, 3.8) is 0 Å². The van der Waals surface area contributed by atoms with Gasteiger partial charge in [-0.3, -0.25) is 4.79 Å². The molecular formula is C13H18N2OS. The Kier molecular flexibility index (Phi) is 5.63. The molecular weight excluding hydrogens is 232 g/mol. The predicted molar refractivity (Wildman–Crippen MR) is 73.5 cm³/mol. The van der Waals surface area contributed by atoms with Gasteiger partial charge in [-0.2, -0.15) is 0 Å². The van der Waals surface area contributed by atoms with Gasteiger partial charge in [0, 0.05) is 19.4 Å². The monoisotopic (exact) mass is 250 g/mol. The van der Waals surface area contributed by atoms with Crippen molar-refractivity contribution in [1.82, 2.24) is 5.32 Å². The van der Waals surface area contributed by atoms with Crippen molar-refractivity contribution in [2.24, 2.45) is 11.7 Å². The third kappa shape index (κ3) is 6.02. The third-order valence-corrected chi connectivity index (χ3v) is 2.73. The van der Waals surface area contributed by atoms with Gasteiger partial charge in [-0.05, 0) is 11.5 Å². The van der Waals surface area contributed by atoms with Crippen LogP contribution in [0.1, 0.15) is 25.3 Å². The summed E-state index contributed by atoms with van der Waals surface area (Å²) in [5.41, 5.74) is 6.32. The van der Waals surface area contributed by atoms with Crippen LogP contribution < -0.4 is 11.1 Å². The Morgan fingerprint density at radius 1 is 1.35 bits per heavy atom. The minimum Gasteiger partial charge on any atom is -0.376 e. The molecule has 4 heteroatoms. The van der Waals surface area contributed by atoms with E-state index in [1.54, 1.807) is 0 Å². The molecule has 1 aromatic carbocycles. The van der Waals surface area contributed by atoms with E-state index in [2.05, 4.69) is 5.32 Å². The largest absolute Gasteiger partial charge is 0.376 e. The van der Waals surface area contributed by atoms with Gasteiger partial charge in [0.15, 0.2) is 0 Å². The first kappa shape index (κ1) is 13.6. The number of carbonyl (C=O) groups is 1. The first-order chi connectivity index (χ1) is 8.08. The molecule has 0 bridgehead atoms. The van der Waals surface area contributed by atoms with Gasteiger partial charge in [0.2, 0.25) is 5.91 Å². The van der Waals surface area contributed by atoms with E-state index in [0.29, 0.717) is 12.8 Å². The van der Waals surface area contributed by atoms with Crippen LogP contribution in [0.15, 0.2) is 30.3 Å². The van der Waals surface area contributed by atoms with Crippen LogP contribution in [-0.2, 0) is 11.3 Å². The van der Waals surface area contributed by atoms with Crippen LogP contribution in [0.25, 0.3) is 0 Å². The molecule has 0 aliphatic heterocycles. The molecule has 1 atom stereocenters. The fourth-order valence-corrected chi connectivity index (χ4v) is 1.96. The number of amides is 1. The lowest BCUT2D eigenvalue weighted by Gasteiger charge is -2.12. The second-order valence-electron chi connectivity index (χ2n) is 4.24. The minimum absolute atomic E-state index is 0.197. The van der Waals surface area contributed by atoms with Crippen molar-refractivity contribution in [2.75, 3.05) is 0 Å². The van der Waals surface area contributed by atoms with Crippen LogP contribution in [0.3, 0.4) is 0 Å². The maximum absolute atomic E-state index is 10.7. The molecule has 0 saturated heterocycles. The zero-order valence-electron chi connectivity index (χ0n) is 9.98. The summed E-state index contributed by atoms with van der Waals surface area (Å²) in [5.74, 6) is -0.0772. The van der Waals surface area contributed by atoms with Gasteiger partial charge in [-0.25, -0.2) is 0 Å². The maximum Gasteiger partial charge on any atom is 0.217 e. The lowest BCUT2D eigenvalue weighted by atomic mass is 10.0. The molecule has 92 valence electrons. The predicted octanol–water partition coefficient (Wildman–Crippen LogP) is 2.01. The molecule has 3 nitrogen and oxygen atoms in total. The number of primary amides is 1. The summed E-state index contributed by atoms with van der Waals surface area (Å²) < 4.78 is 0. The summed E-state index contributed by atoms with van der Waals surface area (Å²) in [7, 11) is 0. The van der Waals surface area contributed by atoms with Crippen molar-refractivity contribution in [2.45, 2.75) is 26.3 Å². The SMILES string of the molecule is C[C@H](CC(N)=O)CC(=S)NCc1ccccc1. The highest BCUT2D eigenvalue weighted by Crippen LogP contribution is 2.07. The van der Waals surface area contributed by atoms with E-state index in [1.807, 2.05) is 37.3 Å². The molecule has 0 fully saturated rings. The van der Waals surface area contributed by atoms with E-state index >= 15 is 0 Å². The number of hydrogen-bond donors (Lipinski definition) is 2. The van der Waals surface area contributed by atoms with E-state index in [0.717, 1.165) is 11.5 Å². The maximum atomic E-state index is 10.7. The Bertz CT molecular complexity index is 378. The molecule has 1 rings (SSSR count). The molecule has 0 heterocycles. The van der Waals surface area contributed by atoms with Crippen LogP contribution >= 0.6 is 12.2 Å². The first-order valence-electron chi connectivity index (χ1n) is 5.67. The van der Waals surface area contributed by atoms with E-state index in [4.69, 9.17) is 18.0 Å². The Hall–Kier alpha value is -1.42. The third-order valence-electron chi connectivity index (χ3n) is 2.42. The Balaban J connectivity index is 2.28. The average Bonchev–Trinajstić information content (AvgIpc) is 2.26. The van der Waals surface area contributed by atoms with Crippen LogP contribution in [-0.4, -0.2) is 10.9 Å². The molecule has 1 aromatic rings. The Labute approximate surface area is 107 Å². The van der Waals surface area contributed by atoms with Crippen molar-refractivity contribution in [3.05, 3.63) is 35.9 Å². The quantitative estimate of drug-likeness (QED) is 0.759. The van der Waals surface area contributed by atoms with Crippen molar-refractivity contribution in [1.29, 1.82) is 0 Å². The number of nitrogens with two attached hydrogens (primary N) is 1. The molecule has 0 unspecified atom stereocenters. The van der Waals surface area contributed by atoms with E-state index in [-0.39, 0.29) is 11.8 Å². The van der Waals surface area contributed by atoms with Crippen molar-refractivity contribution in [3.8, 4) is 0 Å². The summed E-state index contributed by atoms with van der Waals surface area (Å²) in [5, 5.41) is 3.18. The van der Waals surface area contributed by atoms with Crippen molar-refractivity contribution < 1.29 is 4.79 Å². The molecule has 0 radical (unpaired) electrons. The molecule has 0 spiro atoms. The van der Waals surface area contributed by atoms with E-state index in [1.165, 1.54) is 5.56 Å². The van der Waals surface area contributed by atoms with Gasteiger partial charge in [0.25, 0.3) is 0 Å². The van der Waals surface area contributed by atoms with E-state index < -0.39 is 0 Å². The number of hydrogen-bond acceptors (Lipinski definition) is 2. The van der Waals surface area contributed by atoms with Crippen molar-refractivity contribution >= 4 is 23.1 Å². The highest BCUT2D eigenvalue weighted by Gasteiger charge is 2.08. The first-order valence-corrected chi connectivity index (χ1v) is 6.07. The van der Waals surface area contributed by atoms with E-state index in [9.17, 15) is 4.79 Å². The normalized spacial score (nSPS) is 11.8. The zero-order valence-corrected chi connectivity index (χ0v) is 10.8.